The molecule has 1 heterocycles. The van der Waals surface area contributed by atoms with Gasteiger partial charge in [0.2, 0.25) is 0 Å². The molecular formula is C8H17NO2. The molecule has 0 bridgehead atoms. The van der Waals surface area contributed by atoms with Crippen LogP contribution in [0.2, 0.25) is 0 Å². The van der Waals surface area contributed by atoms with Crippen LogP contribution in [0.1, 0.15) is 19.8 Å². The fraction of sp³-hybridized carbons (Fsp3) is 1.00. The maximum absolute atomic E-state index is 9.16. The molecule has 3 heteroatoms. The fourth-order valence-corrected chi connectivity index (χ4v) is 1.38. The van der Waals surface area contributed by atoms with E-state index in [-0.39, 0.29) is 12.2 Å². The van der Waals surface area contributed by atoms with Gasteiger partial charge in [-0.15, -0.1) is 0 Å². The SMILES string of the molecule is CC(O)CCN1CCC(O)C1. The molecule has 1 rings (SSSR count). The first kappa shape index (κ1) is 8.97. The molecule has 0 aromatic rings. The molecule has 0 saturated carbocycles. The quantitative estimate of drug-likeness (QED) is 0.600. The Morgan fingerprint density at radius 2 is 2.36 bits per heavy atom. The minimum atomic E-state index is -0.215. The summed E-state index contributed by atoms with van der Waals surface area (Å²) in [6.45, 7) is 4.47. The molecule has 2 atom stereocenters. The Bertz CT molecular complexity index is 117. The second-order valence-corrected chi connectivity index (χ2v) is 3.38. The van der Waals surface area contributed by atoms with Gasteiger partial charge in [-0.2, -0.15) is 0 Å². The third-order valence-corrected chi connectivity index (χ3v) is 2.11. The van der Waals surface area contributed by atoms with Gasteiger partial charge in [0.05, 0.1) is 12.2 Å². The van der Waals surface area contributed by atoms with E-state index >= 15 is 0 Å². The van der Waals surface area contributed by atoms with E-state index in [1.165, 1.54) is 0 Å². The normalized spacial score (nSPS) is 29.2. The average molecular weight is 159 g/mol. The number of hydrogen-bond acceptors (Lipinski definition) is 3. The van der Waals surface area contributed by atoms with Crippen LogP contribution in [0.3, 0.4) is 0 Å². The van der Waals surface area contributed by atoms with Crippen LogP contribution in [0.5, 0.6) is 0 Å². The minimum absolute atomic E-state index is 0.135. The summed E-state index contributed by atoms with van der Waals surface area (Å²) in [5, 5.41) is 18.2. The van der Waals surface area contributed by atoms with Crippen LogP contribution in [0, 0.1) is 0 Å². The standard InChI is InChI=1S/C8H17NO2/c1-7(10)2-4-9-5-3-8(11)6-9/h7-8,10-11H,2-6H2,1H3. The molecule has 0 spiro atoms. The van der Waals surface area contributed by atoms with Gasteiger partial charge in [0.25, 0.3) is 0 Å². The van der Waals surface area contributed by atoms with Crippen molar-refractivity contribution in [3.63, 3.8) is 0 Å². The second kappa shape index (κ2) is 4.04. The summed E-state index contributed by atoms with van der Waals surface area (Å²) in [7, 11) is 0. The van der Waals surface area contributed by atoms with Crippen molar-refractivity contribution in [2.45, 2.75) is 32.0 Å². The van der Waals surface area contributed by atoms with Crippen LogP contribution < -0.4 is 0 Å². The highest BCUT2D eigenvalue weighted by Gasteiger charge is 2.19. The molecule has 1 aliphatic heterocycles. The molecule has 66 valence electrons. The highest BCUT2D eigenvalue weighted by Crippen LogP contribution is 2.09. The number of β-amino-alcohol motifs (C(OH)–C–C–N with tert-alkyl or cyclic N) is 1. The summed E-state index contributed by atoms with van der Waals surface area (Å²) in [5.41, 5.74) is 0. The van der Waals surface area contributed by atoms with Crippen LogP contribution in [0.15, 0.2) is 0 Å². The maximum atomic E-state index is 9.16. The summed E-state index contributed by atoms with van der Waals surface area (Å²) >= 11 is 0. The summed E-state index contributed by atoms with van der Waals surface area (Å²) < 4.78 is 0. The van der Waals surface area contributed by atoms with Gasteiger partial charge in [-0.05, 0) is 19.8 Å². The van der Waals surface area contributed by atoms with Crippen molar-refractivity contribution in [1.29, 1.82) is 0 Å². The lowest BCUT2D eigenvalue weighted by Crippen LogP contribution is -2.25. The molecule has 0 aromatic carbocycles. The molecule has 3 nitrogen and oxygen atoms in total. The molecule has 11 heavy (non-hydrogen) atoms. The molecule has 2 unspecified atom stereocenters. The summed E-state index contributed by atoms with van der Waals surface area (Å²) in [6, 6.07) is 0. The summed E-state index contributed by atoms with van der Waals surface area (Å²) in [4.78, 5) is 2.19. The lowest BCUT2D eigenvalue weighted by Gasteiger charge is -2.15. The number of aliphatic hydroxyl groups excluding tert-OH is 2. The van der Waals surface area contributed by atoms with Gasteiger partial charge >= 0.3 is 0 Å². The lowest BCUT2D eigenvalue weighted by atomic mass is 10.3. The van der Waals surface area contributed by atoms with E-state index in [2.05, 4.69) is 4.90 Å². The van der Waals surface area contributed by atoms with Gasteiger partial charge < -0.3 is 15.1 Å². The molecule has 0 radical (unpaired) electrons. The average Bonchev–Trinajstić information content (AvgIpc) is 2.31. The lowest BCUT2D eigenvalue weighted by molar-refractivity contribution is 0.149. The van der Waals surface area contributed by atoms with E-state index in [0.29, 0.717) is 0 Å². The molecule has 1 fully saturated rings. The van der Waals surface area contributed by atoms with E-state index in [1.807, 2.05) is 0 Å². The van der Waals surface area contributed by atoms with E-state index < -0.39 is 0 Å². The van der Waals surface area contributed by atoms with Gasteiger partial charge in [0, 0.05) is 19.6 Å². The predicted molar refractivity (Wildman–Crippen MR) is 43.4 cm³/mol. The highest BCUT2D eigenvalue weighted by atomic mass is 16.3. The number of aliphatic hydroxyl groups is 2. The first-order chi connectivity index (χ1) is 5.18. The van der Waals surface area contributed by atoms with Gasteiger partial charge in [0.15, 0.2) is 0 Å². The molecule has 0 aromatic heterocycles. The van der Waals surface area contributed by atoms with Crippen molar-refractivity contribution < 1.29 is 10.2 Å². The molecule has 1 saturated heterocycles. The van der Waals surface area contributed by atoms with Gasteiger partial charge in [-0.3, -0.25) is 0 Å². The summed E-state index contributed by atoms with van der Waals surface area (Å²) in [6.07, 6.45) is 1.35. The van der Waals surface area contributed by atoms with Crippen molar-refractivity contribution in [1.82, 2.24) is 4.90 Å². The van der Waals surface area contributed by atoms with Crippen molar-refractivity contribution in [2.24, 2.45) is 0 Å². The van der Waals surface area contributed by atoms with Crippen molar-refractivity contribution in [3.05, 3.63) is 0 Å². The zero-order chi connectivity index (χ0) is 8.27. The minimum Gasteiger partial charge on any atom is -0.393 e. The van der Waals surface area contributed by atoms with Crippen LogP contribution >= 0.6 is 0 Å². The Kier molecular flexibility index (Phi) is 3.30. The van der Waals surface area contributed by atoms with Crippen LogP contribution in [0.4, 0.5) is 0 Å². The van der Waals surface area contributed by atoms with E-state index in [9.17, 15) is 0 Å². The largest absolute Gasteiger partial charge is 0.393 e. The second-order valence-electron chi connectivity index (χ2n) is 3.38. The maximum Gasteiger partial charge on any atom is 0.0679 e. The van der Waals surface area contributed by atoms with Crippen LogP contribution in [0.25, 0.3) is 0 Å². The number of hydrogen-bond donors (Lipinski definition) is 2. The fourth-order valence-electron chi connectivity index (χ4n) is 1.38. The van der Waals surface area contributed by atoms with Crippen molar-refractivity contribution in [2.75, 3.05) is 19.6 Å². The zero-order valence-corrected chi connectivity index (χ0v) is 7.03. The van der Waals surface area contributed by atoms with Gasteiger partial charge in [-0.1, -0.05) is 0 Å². The monoisotopic (exact) mass is 159 g/mol. The Hall–Kier alpha value is -0.120. The van der Waals surface area contributed by atoms with E-state index in [0.717, 1.165) is 32.5 Å². The number of rotatable bonds is 3. The number of nitrogens with zero attached hydrogens (tertiary/aromatic N) is 1. The molecule has 1 aliphatic rings. The third-order valence-electron chi connectivity index (χ3n) is 2.11. The van der Waals surface area contributed by atoms with E-state index in [4.69, 9.17) is 10.2 Å². The molecule has 2 N–H and O–H groups in total. The van der Waals surface area contributed by atoms with Gasteiger partial charge in [-0.25, -0.2) is 0 Å². The van der Waals surface area contributed by atoms with Crippen molar-refractivity contribution in [3.8, 4) is 0 Å². The molecule has 0 amide bonds. The first-order valence-corrected chi connectivity index (χ1v) is 4.27. The predicted octanol–water partition coefficient (Wildman–Crippen LogP) is -0.176. The highest BCUT2D eigenvalue weighted by molar-refractivity contribution is 4.74. The molecular weight excluding hydrogens is 142 g/mol. The Morgan fingerprint density at radius 1 is 1.64 bits per heavy atom. The smallest absolute Gasteiger partial charge is 0.0679 e. The first-order valence-electron chi connectivity index (χ1n) is 4.27. The Morgan fingerprint density at radius 3 is 2.82 bits per heavy atom. The Balaban J connectivity index is 2.08. The van der Waals surface area contributed by atoms with Crippen LogP contribution in [-0.4, -0.2) is 47.0 Å². The van der Waals surface area contributed by atoms with E-state index in [1.54, 1.807) is 6.92 Å². The Labute approximate surface area is 67.6 Å². The topological polar surface area (TPSA) is 43.7 Å². The molecule has 0 aliphatic carbocycles. The third kappa shape index (κ3) is 3.18. The van der Waals surface area contributed by atoms with Crippen molar-refractivity contribution >= 4 is 0 Å². The summed E-state index contributed by atoms with van der Waals surface area (Å²) in [5.74, 6) is 0. The number of likely N-dealkylation sites (tertiary alicyclic amines) is 1. The zero-order valence-electron chi connectivity index (χ0n) is 7.03. The van der Waals surface area contributed by atoms with Crippen LogP contribution in [-0.2, 0) is 0 Å². The van der Waals surface area contributed by atoms with Gasteiger partial charge in [0.1, 0.15) is 0 Å².